The van der Waals surface area contributed by atoms with Gasteiger partial charge in [0.25, 0.3) is 0 Å². The SMILES string of the molecule is CCN(CC)c1ccc(C(=O)CN2C3CCC2CC(Cc2cccc(NC(=O)Nc4cc(C(C)(C)C)nn4-c4ccc(C)cc4)c2)C3)cc1. The minimum absolute atomic E-state index is 0.167. The van der Waals surface area contributed by atoms with E-state index in [0.29, 0.717) is 30.4 Å². The van der Waals surface area contributed by atoms with Crippen LogP contribution in [0.4, 0.5) is 22.0 Å². The van der Waals surface area contributed by atoms with Crippen LogP contribution in [0.2, 0.25) is 0 Å². The standard InChI is InChI=1S/C41H52N6O2/c1-7-45(8-2)33-18-14-31(15-19-33)37(48)27-46-35-20-21-36(46)25-30(24-35)22-29-10-9-11-32(23-29)42-40(49)43-39-26-38(41(4,5)6)44-47(39)34-16-12-28(3)13-17-34/h9-19,23,26,30,35-36H,7-8,20-22,24-25,27H2,1-6H3,(H2,42,43,49). The molecule has 3 aromatic carbocycles. The monoisotopic (exact) mass is 660 g/mol. The van der Waals surface area contributed by atoms with E-state index in [1.807, 2.05) is 54.6 Å². The molecule has 2 aliphatic heterocycles. The van der Waals surface area contributed by atoms with E-state index in [1.165, 1.54) is 16.8 Å². The van der Waals surface area contributed by atoms with Gasteiger partial charge in [-0.25, -0.2) is 9.48 Å². The van der Waals surface area contributed by atoms with Gasteiger partial charge in [-0.3, -0.25) is 15.0 Å². The summed E-state index contributed by atoms with van der Waals surface area (Å²) in [7, 11) is 0. The van der Waals surface area contributed by atoms with Crippen molar-refractivity contribution in [3.63, 3.8) is 0 Å². The van der Waals surface area contributed by atoms with E-state index >= 15 is 0 Å². The Kier molecular flexibility index (Phi) is 10.3. The van der Waals surface area contributed by atoms with E-state index in [0.717, 1.165) is 67.8 Å². The molecule has 8 heteroatoms. The van der Waals surface area contributed by atoms with Crippen LogP contribution in [0.1, 0.15) is 87.5 Å². The summed E-state index contributed by atoms with van der Waals surface area (Å²) in [6.07, 6.45) is 5.48. The highest BCUT2D eigenvalue weighted by Crippen LogP contribution is 2.40. The van der Waals surface area contributed by atoms with Crippen molar-refractivity contribution < 1.29 is 9.59 Å². The highest BCUT2D eigenvalue weighted by atomic mass is 16.2. The van der Waals surface area contributed by atoms with Crippen molar-refractivity contribution in [3.8, 4) is 5.69 Å². The smallest absolute Gasteiger partial charge is 0.324 e. The third-order valence-electron chi connectivity index (χ3n) is 10.3. The molecule has 2 amide bonds. The van der Waals surface area contributed by atoms with Crippen molar-refractivity contribution in [2.45, 2.75) is 91.1 Å². The molecule has 2 aliphatic rings. The predicted octanol–water partition coefficient (Wildman–Crippen LogP) is 8.64. The number of aromatic nitrogens is 2. The first-order chi connectivity index (χ1) is 23.5. The van der Waals surface area contributed by atoms with Crippen LogP contribution in [0.25, 0.3) is 5.69 Å². The Labute approximate surface area is 291 Å². The number of carbonyl (C=O) groups excluding carboxylic acids is 2. The largest absolute Gasteiger partial charge is 0.372 e. The van der Waals surface area contributed by atoms with Gasteiger partial charge < -0.3 is 10.2 Å². The number of hydrogen-bond acceptors (Lipinski definition) is 5. The summed E-state index contributed by atoms with van der Waals surface area (Å²) in [4.78, 5) is 31.4. The van der Waals surface area contributed by atoms with Gasteiger partial charge in [-0.05, 0) is 113 Å². The number of piperidine rings is 1. The number of hydrogen-bond donors (Lipinski definition) is 2. The summed E-state index contributed by atoms with van der Waals surface area (Å²) < 4.78 is 1.80. The molecule has 6 rings (SSSR count). The van der Waals surface area contributed by atoms with Crippen molar-refractivity contribution in [1.29, 1.82) is 0 Å². The lowest BCUT2D eigenvalue weighted by atomic mass is 9.85. The molecule has 2 atom stereocenters. The number of rotatable bonds is 11. The van der Waals surface area contributed by atoms with Crippen molar-refractivity contribution in [1.82, 2.24) is 14.7 Å². The third kappa shape index (κ3) is 8.07. The van der Waals surface area contributed by atoms with Gasteiger partial charge in [0.2, 0.25) is 0 Å². The second kappa shape index (κ2) is 14.6. The fourth-order valence-corrected chi connectivity index (χ4v) is 7.62. The number of anilines is 3. The minimum atomic E-state index is -0.301. The maximum absolute atomic E-state index is 13.3. The molecule has 0 radical (unpaired) electrons. The van der Waals surface area contributed by atoms with E-state index < -0.39 is 0 Å². The molecule has 4 aromatic rings. The second-order valence-corrected chi connectivity index (χ2v) is 14.9. The Bertz CT molecular complexity index is 1740. The highest BCUT2D eigenvalue weighted by molar-refractivity contribution is 5.99. The van der Waals surface area contributed by atoms with Crippen LogP contribution >= 0.6 is 0 Å². The summed E-state index contributed by atoms with van der Waals surface area (Å²) in [5.74, 6) is 1.40. The highest BCUT2D eigenvalue weighted by Gasteiger charge is 2.41. The molecule has 3 heterocycles. The third-order valence-corrected chi connectivity index (χ3v) is 10.3. The molecule has 0 spiro atoms. The number of benzene rings is 3. The van der Waals surface area contributed by atoms with Crippen LogP contribution in [0, 0.1) is 12.8 Å². The minimum Gasteiger partial charge on any atom is -0.372 e. The van der Waals surface area contributed by atoms with E-state index in [9.17, 15) is 9.59 Å². The van der Waals surface area contributed by atoms with Gasteiger partial charge >= 0.3 is 6.03 Å². The van der Waals surface area contributed by atoms with Crippen LogP contribution in [-0.2, 0) is 11.8 Å². The van der Waals surface area contributed by atoms with Gasteiger partial charge in [-0.15, -0.1) is 0 Å². The average molecular weight is 661 g/mol. The Morgan fingerprint density at radius 1 is 0.878 bits per heavy atom. The zero-order chi connectivity index (χ0) is 34.7. The Morgan fingerprint density at radius 2 is 1.55 bits per heavy atom. The van der Waals surface area contributed by atoms with Gasteiger partial charge in [0.1, 0.15) is 5.82 Å². The van der Waals surface area contributed by atoms with Crippen molar-refractivity contribution in [2.24, 2.45) is 5.92 Å². The molecular formula is C41H52N6O2. The molecule has 258 valence electrons. The maximum Gasteiger partial charge on any atom is 0.324 e. The number of ketones is 1. The van der Waals surface area contributed by atoms with Gasteiger partial charge in [-0.2, -0.15) is 5.10 Å². The van der Waals surface area contributed by atoms with E-state index in [1.54, 1.807) is 4.68 Å². The number of carbonyl (C=O) groups is 2. The Morgan fingerprint density at radius 3 is 2.18 bits per heavy atom. The van der Waals surface area contributed by atoms with Crippen LogP contribution in [0.3, 0.4) is 0 Å². The molecular weight excluding hydrogens is 608 g/mol. The number of nitrogens with one attached hydrogen (secondary N) is 2. The fraction of sp³-hybridized carbons (Fsp3) is 0.439. The maximum atomic E-state index is 13.3. The molecule has 2 unspecified atom stereocenters. The average Bonchev–Trinajstić information content (AvgIpc) is 3.59. The van der Waals surface area contributed by atoms with E-state index in [2.05, 4.69) is 86.2 Å². The predicted molar refractivity (Wildman–Crippen MR) is 200 cm³/mol. The first-order valence-corrected chi connectivity index (χ1v) is 18.0. The zero-order valence-corrected chi connectivity index (χ0v) is 30.0. The molecule has 49 heavy (non-hydrogen) atoms. The van der Waals surface area contributed by atoms with Crippen molar-refractivity contribution >= 4 is 29.0 Å². The number of Topliss-reactive ketones (excluding diaryl/α,β-unsaturated/α-hetero) is 1. The number of fused-ring (bicyclic) bond motifs is 2. The van der Waals surface area contributed by atoms with Gasteiger partial charge in [0.15, 0.2) is 5.78 Å². The number of urea groups is 1. The van der Waals surface area contributed by atoms with Gasteiger partial charge in [0, 0.05) is 53.6 Å². The first-order valence-electron chi connectivity index (χ1n) is 18.0. The lowest BCUT2D eigenvalue weighted by Crippen LogP contribution is -2.45. The second-order valence-electron chi connectivity index (χ2n) is 14.9. The number of amides is 2. The number of aryl methyl sites for hydroxylation is 1. The first kappa shape index (κ1) is 34.4. The van der Waals surface area contributed by atoms with E-state index in [4.69, 9.17) is 5.10 Å². The molecule has 1 aromatic heterocycles. The van der Waals surface area contributed by atoms with Crippen molar-refractivity contribution in [3.05, 3.63) is 101 Å². The van der Waals surface area contributed by atoms with Crippen LogP contribution in [-0.4, -0.2) is 58.2 Å². The molecule has 0 saturated carbocycles. The summed E-state index contributed by atoms with van der Waals surface area (Å²) in [5, 5.41) is 10.9. The molecule has 2 fully saturated rings. The van der Waals surface area contributed by atoms with Crippen LogP contribution in [0.5, 0.6) is 0 Å². The normalized spacial score (nSPS) is 19.1. The Hall–Kier alpha value is -4.43. The topological polar surface area (TPSA) is 82.5 Å². The number of nitrogens with zero attached hydrogens (tertiary/aromatic N) is 4. The van der Waals surface area contributed by atoms with Gasteiger partial charge in [-0.1, -0.05) is 50.6 Å². The Balaban J connectivity index is 1.06. The molecule has 0 aliphatic carbocycles. The fourth-order valence-electron chi connectivity index (χ4n) is 7.62. The quantitative estimate of drug-likeness (QED) is 0.157. The van der Waals surface area contributed by atoms with Crippen LogP contribution in [0.15, 0.2) is 78.9 Å². The summed E-state index contributed by atoms with van der Waals surface area (Å²) in [6, 6.07) is 27.0. The van der Waals surface area contributed by atoms with Gasteiger partial charge in [0.05, 0.1) is 17.9 Å². The van der Waals surface area contributed by atoms with E-state index in [-0.39, 0.29) is 17.2 Å². The molecule has 2 bridgehead atoms. The molecule has 2 N–H and O–H groups in total. The van der Waals surface area contributed by atoms with Crippen LogP contribution < -0.4 is 15.5 Å². The lowest BCUT2D eigenvalue weighted by molar-refractivity contribution is 0.0744. The lowest BCUT2D eigenvalue weighted by Gasteiger charge is -2.38. The summed E-state index contributed by atoms with van der Waals surface area (Å²) in [5.41, 5.74) is 6.76. The zero-order valence-electron chi connectivity index (χ0n) is 30.0. The summed E-state index contributed by atoms with van der Waals surface area (Å²) >= 11 is 0. The molecule has 2 saturated heterocycles. The molecule has 8 nitrogen and oxygen atoms in total. The summed E-state index contributed by atoms with van der Waals surface area (Å²) in [6.45, 7) is 15.1. The van der Waals surface area contributed by atoms with Crippen molar-refractivity contribution in [2.75, 3.05) is 35.2 Å².